The molecule has 23 heavy (non-hydrogen) atoms. The molecule has 6 heteroatoms. The first kappa shape index (κ1) is 15.7. The van der Waals surface area contributed by atoms with Gasteiger partial charge in [-0.15, -0.1) is 0 Å². The Kier molecular flexibility index (Phi) is 4.46. The third-order valence-corrected chi connectivity index (χ3v) is 4.53. The number of hydrogen-bond acceptors (Lipinski definition) is 4. The van der Waals surface area contributed by atoms with Crippen LogP contribution in [0.2, 0.25) is 0 Å². The lowest BCUT2D eigenvalue weighted by Gasteiger charge is -2.30. The summed E-state index contributed by atoms with van der Waals surface area (Å²) >= 11 is 3.35. The fraction of sp³-hybridized carbons (Fsp3) is 0.294. The molecule has 3 rings (SSSR count). The SMILES string of the molecule is O=C=C1c2cccc(C=CCBr)c2CN1C1CCC(=O)NC1=O. The molecule has 0 bridgehead atoms. The van der Waals surface area contributed by atoms with Crippen molar-refractivity contribution in [3.05, 3.63) is 41.0 Å². The molecule has 5 nitrogen and oxygen atoms in total. The van der Waals surface area contributed by atoms with E-state index in [2.05, 4.69) is 21.2 Å². The first-order chi connectivity index (χ1) is 11.2. The van der Waals surface area contributed by atoms with E-state index in [4.69, 9.17) is 0 Å². The Balaban J connectivity index is 1.97. The topological polar surface area (TPSA) is 66.5 Å². The van der Waals surface area contributed by atoms with Crippen molar-refractivity contribution in [3.8, 4) is 0 Å². The number of benzene rings is 1. The van der Waals surface area contributed by atoms with E-state index in [0.29, 0.717) is 18.7 Å². The fourth-order valence-electron chi connectivity index (χ4n) is 3.09. The predicted octanol–water partition coefficient (Wildman–Crippen LogP) is 1.89. The van der Waals surface area contributed by atoms with E-state index in [1.54, 1.807) is 4.90 Å². The highest BCUT2D eigenvalue weighted by Crippen LogP contribution is 2.36. The van der Waals surface area contributed by atoms with Crippen molar-refractivity contribution in [2.75, 3.05) is 5.33 Å². The number of alkyl halides is 1. The fourth-order valence-corrected chi connectivity index (χ4v) is 3.28. The molecule has 2 heterocycles. The number of carbonyl (C=O) groups is 2. The van der Waals surface area contributed by atoms with E-state index < -0.39 is 6.04 Å². The highest BCUT2D eigenvalue weighted by molar-refractivity contribution is 9.09. The number of amides is 2. The van der Waals surface area contributed by atoms with Crippen molar-refractivity contribution >= 4 is 45.5 Å². The van der Waals surface area contributed by atoms with Crippen LogP contribution in [0.4, 0.5) is 0 Å². The molecule has 1 saturated heterocycles. The van der Waals surface area contributed by atoms with Crippen LogP contribution >= 0.6 is 15.9 Å². The summed E-state index contributed by atoms with van der Waals surface area (Å²) in [6, 6.07) is 5.23. The average Bonchev–Trinajstić information content (AvgIpc) is 2.91. The van der Waals surface area contributed by atoms with Crippen LogP contribution in [-0.4, -0.2) is 34.0 Å². The zero-order chi connectivity index (χ0) is 16.4. The molecular weight excluding hydrogens is 360 g/mol. The van der Waals surface area contributed by atoms with Gasteiger partial charge < -0.3 is 4.90 Å². The number of rotatable bonds is 3. The lowest BCUT2D eigenvalue weighted by Crippen LogP contribution is -2.50. The summed E-state index contributed by atoms with van der Waals surface area (Å²) in [5, 5.41) is 3.08. The standard InChI is InChI=1S/C17H15BrN2O3/c18-8-2-4-11-3-1-5-12-13(11)9-20(15(12)10-21)14-6-7-16(22)19-17(14)23/h1-5,14H,6-9H2,(H,19,22,23). The number of nitrogens with one attached hydrogen (secondary N) is 1. The van der Waals surface area contributed by atoms with Gasteiger partial charge in [0.05, 0.1) is 0 Å². The Morgan fingerprint density at radius 1 is 1.39 bits per heavy atom. The van der Waals surface area contributed by atoms with Crippen LogP contribution in [0.25, 0.3) is 11.8 Å². The maximum Gasteiger partial charge on any atom is 0.249 e. The molecule has 0 radical (unpaired) electrons. The molecule has 0 aliphatic carbocycles. The van der Waals surface area contributed by atoms with Crippen LogP contribution < -0.4 is 5.32 Å². The normalized spacial score (nSPS) is 20.7. The number of fused-ring (bicyclic) bond motifs is 1. The Morgan fingerprint density at radius 3 is 2.91 bits per heavy atom. The average molecular weight is 375 g/mol. The number of piperidine rings is 1. The minimum Gasteiger partial charge on any atom is -0.346 e. The molecular formula is C17H15BrN2O3. The van der Waals surface area contributed by atoms with Gasteiger partial charge in [0.1, 0.15) is 11.7 Å². The summed E-state index contributed by atoms with van der Waals surface area (Å²) in [5.74, 6) is 1.37. The molecule has 0 aromatic heterocycles. The van der Waals surface area contributed by atoms with Crippen LogP contribution in [0.3, 0.4) is 0 Å². The second-order valence-corrected chi connectivity index (χ2v) is 6.12. The predicted molar refractivity (Wildman–Crippen MR) is 90.1 cm³/mol. The number of hydrogen-bond donors (Lipinski definition) is 1. The monoisotopic (exact) mass is 374 g/mol. The Bertz CT molecular complexity index is 750. The number of imide groups is 1. The van der Waals surface area contributed by atoms with E-state index >= 15 is 0 Å². The van der Waals surface area contributed by atoms with Gasteiger partial charge in [0.15, 0.2) is 5.94 Å². The smallest absolute Gasteiger partial charge is 0.249 e. The van der Waals surface area contributed by atoms with Crippen molar-refractivity contribution in [3.63, 3.8) is 0 Å². The second kappa shape index (κ2) is 6.52. The van der Waals surface area contributed by atoms with Crippen molar-refractivity contribution in [1.82, 2.24) is 10.2 Å². The van der Waals surface area contributed by atoms with Crippen LogP contribution in [0.5, 0.6) is 0 Å². The van der Waals surface area contributed by atoms with Gasteiger partial charge in [0.2, 0.25) is 11.8 Å². The molecule has 0 saturated carbocycles. The van der Waals surface area contributed by atoms with E-state index in [1.165, 1.54) is 0 Å². The van der Waals surface area contributed by atoms with Gasteiger partial charge in [-0.1, -0.05) is 46.3 Å². The summed E-state index contributed by atoms with van der Waals surface area (Å²) in [6.45, 7) is 0.467. The van der Waals surface area contributed by atoms with Crippen molar-refractivity contribution < 1.29 is 14.4 Å². The summed E-state index contributed by atoms with van der Waals surface area (Å²) in [7, 11) is 0. The molecule has 2 aliphatic rings. The summed E-state index contributed by atoms with van der Waals surface area (Å²) in [6.07, 6.45) is 4.67. The third kappa shape index (κ3) is 2.87. The maximum atomic E-state index is 12.1. The van der Waals surface area contributed by atoms with Gasteiger partial charge in [0, 0.05) is 23.9 Å². The Morgan fingerprint density at radius 2 is 2.22 bits per heavy atom. The van der Waals surface area contributed by atoms with Crippen molar-refractivity contribution in [1.29, 1.82) is 0 Å². The molecule has 1 N–H and O–H groups in total. The zero-order valence-electron chi connectivity index (χ0n) is 12.3. The van der Waals surface area contributed by atoms with E-state index in [0.717, 1.165) is 22.0 Å². The molecule has 1 atom stereocenters. The summed E-state index contributed by atoms with van der Waals surface area (Å²) in [5.41, 5.74) is 3.22. The first-order valence-corrected chi connectivity index (χ1v) is 8.48. The van der Waals surface area contributed by atoms with Crippen molar-refractivity contribution in [2.24, 2.45) is 0 Å². The van der Waals surface area contributed by atoms with Crippen LogP contribution in [0.1, 0.15) is 29.5 Å². The molecule has 118 valence electrons. The highest BCUT2D eigenvalue weighted by atomic mass is 79.9. The van der Waals surface area contributed by atoms with E-state index in [-0.39, 0.29) is 18.2 Å². The number of nitrogens with zero attached hydrogens (tertiary/aromatic N) is 1. The molecule has 0 spiro atoms. The highest BCUT2D eigenvalue weighted by Gasteiger charge is 2.38. The van der Waals surface area contributed by atoms with E-state index in [9.17, 15) is 14.4 Å². The van der Waals surface area contributed by atoms with Gasteiger partial charge in [-0.3, -0.25) is 14.9 Å². The lowest BCUT2D eigenvalue weighted by atomic mass is 10.0. The molecule has 2 amide bonds. The van der Waals surface area contributed by atoms with Crippen LogP contribution in [0.15, 0.2) is 24.3 Å². The van der Waals surface area contributed by atoms with Gasteiger partial charge in [-0.2, -0.15) is 0 Å². The van der Waals surface area contributed by atoms with Gasteiger partial charge in [-0.05, 0) is 17.5 Å². The Labute approximate surface area is 142 Å². The largest absolute Gasteiger partial charge is 0.346 e. The first-order valence-electron chi connectivity index (χ1n) is 7.36. The van der Waals surface area contributed by atoms with E-state index in [1.807, 2.05) is 36.3 Å². The minimum atomic E-state index is -0.510. The van der Waals surface area contributed by atoms with Crippen LogP contribution in [-0.2, 0) is 20.9 Å². The van der Waals surface area contributed by atoms with Gasteiger partial charge >= 0.3 is 0 Å². The molecule has 1 aromatic carbocycles. The number of carbonyl (C=O) groups excluding carboxylic acids is 3. The quantitative estimate of drug-likeness (QED) is 0.498. The maximum absolute atomic E-state index is 12.1. The molecule has 1 fully saturated rings. The number of allylic oxidation sites excluding steroid dienone is 1. The molecule has 1 unspecified atom stereocenters. The molecule has 1 aromatic rings. The zero-order valence-corrected chi connectivity index (χ0v) is 13.9. The van der Waals surface area contributed by atoms with Crippen molar-refractivity contribution in [2.45, 2.75) is 25.4 Å². The third-order valence-electron chi connectivity index (χ3n) is 4.15. The Hall–Kier alpha value is -2.17. The number of halogens is 1. The minimum absolute atomic E-state index is 0.263. The lowest BCUT2D eigenvalue weighted by molar-refractivity contribution is -0.136. The summed E-state index contributed by atoms with van der Waals surface area (Å²) in [4.78, 5) is 36.7. The second-order valence-electron chi connectivity index (χ2n) is 5.48. The van der Waals surface area contributed by atoms with Crippen LogP contribution in [0, 0.1) is 0 Å². The molecule has 2 aliphatic heterocycles. The summed E-state index contributed by atoms with van der Waals surface area (Å²) < 4.78 is 0. The van der Waals surface area contributed by atoms with Gasteiger partial charge in [-0.25, -0.2) is 4.79 Å². The van der Waals surface area contributed by atoms with Gasteiger partial charge in [0.25, 0.3) is 0 Å².